The van der Waals surface area contributed by atoms with Gasteiger partial charge in [0.05, 0.1) is 23.7 Å². The lowest BCUT2D eigenvalue weighted by atomic mass is 9.95. The van der Waals surface area contributed by atoms with E-state index in [0.717, 1.165) is 30.6 Å². The molecule has 3 heteroatoms. The number of pyridine rings is 1. The van der Waals surface area contributed by atoms with Crippen molar-refractivity contribution in [1.82, 2.24) is 4.98 Å². The second-order valence-electron chi connectivity index (χ2n) is 5.60. The molecule has 1 fully saturated rings. The first-order valence-corrected chi connectivity index (χ1v) is 7.00. The highest BCUT2D eigenvalue weighted by Gasteiger charge is 2.25. The molecule has 18 heavy (non-hydrogen) atoms. The van der Waals surface area contributed by atoms with Gasteiger partial charge in [0.2, 0.25) is 0 Å². The lowest BCUT2D eigenvalue weighted by molar-refractivity contribution is 0.169. The average molecular weight is 248 g/mol. The first-order valence-electron chi connectivity index (χ1n) is 7.00. The Bertz CT molecular complexity index is 375. The second kappa shape index (κ2) is 5.70. The number of aliphatic hydroxyl groups is 1. The van der Waals surface area contributed by atoms with Gasteiger partial charge in [-0.3, -0.25) is 4.98 Å². The van der Waals surface area contributed by atoms with Crippen molar-refractivity contribution >= 4 is 5.69 Å². The molecule has 0 amide bonds. The van der Waals surface area contributed by atoms with Crippen molar-refractivity contribution in [3.05, 3.63) is 24.0 Å². The zero-order chi connectivity index (χ0) is 13.1. The molecule has 1 aromatic heterocycles. The van der Waals surface area contributed by atoms with Crippen LogP contribution in [-0.2, 0) is 0 Å². The van der Waals surface area contributed by atoms with Gasteiger partial charge in [0.15, 0.2) is 0 Å². The Morgan fingerprint density at radius 2 is 2.22 bits per heavy atom. The number of nitrogens with zero attached hydrogens (tertiary/aromatic N) is 2. The topological polar surface area (TPSA) is 36.4 Å². The quantitative estimate of drug-likeness (QED) is 0.890. The molecule has 1 aliphatic heterocycles. The highest BCUT2D eigenvalue weighted by Crippen LogP contribution is 2.28. The molecule has 1 N–H and O–H groups in total. The Hall–Kier alpha value is -1.09. The minimum Gasteiger partial charge on any atom is -0.387 e. The highest BCUT2D eigenvalue weighted by atomic mass is 16.3. The molecule has 1 saturated heterocycles. The lowest BCUT2D eigenvalue weighted by Gasteiger charge is -2.20. The summed E-state index contributed by atoms with van der Waals surface area (Å²) in [6, 6.07) is 4.04. The summed E-state index contributed by atoms with van der Waals surface area (Å²) < 4.78 is 0. The van der Waals surface area contributed by atoms with Crippen LogP contribution < -0.4 is 4.90 Å². The Morgan fingerprint density at radius 3 is 2.72 bits per heavy atom. The molecule has 2 atom stereocenters. The van der Waals surface area contributed by atoms with Crippen LogP contribution in [0, 0.1) is 11.8 Å². The number of hydrogen-bond donors (Lipinski definition) is 1. The van der Waals surface area contributed by atoms with Crippen LogP contribution in [0.5, 0.6) is 0 Å². The number of aliphatic hydroxyl groups excluding tert-OH is 1. The summed E-state index contributed by atoms with van der Waals surface area (Å²) in [4.78, 5) is 6.77. The molecule has 0 saturated carbocycles. The molecule has 0 bridgehead atoms. The van der Waals surface area contributed by atoms with Crippen LogP contribution >= 0.6 is 0 Å². The van der Waals surface area contributed by atoms with Crippen molar-refractivity contribution in [2.75, 3.05) is 18.0 Å². The van der Waals surface area contributed by atoms with Crippen LogP contribution in [0.15, 0.2) is 18.3 Å². The number of hydrogen-bond acceptors (Lipinski definition) is 3. The molecule has 1 unspecified atom stereocenters. The molecule has 1 aliphatic rings. The first-order chi connectivity index (χ1) is 8.61. The smallest absolute Gasteiger partial charge is 0.0957 e. The third-order valence-electron chi connectivity index (χ3n) is 4.03. The van der Waals surface area contributed by atoms with Gasteiger partial charge < -0.3 is 10.0 Å². The predicted molar refractivity (Wildman–Crippen MR) is 74.6 cm³/mol. The number of aromatic nitrogens is 1. The van der Waals surface area contributed by atoms with Gasteiger partial charge in [0.1, 0.15) is 0 Å². The van der Waals surface area contributed by atoms with E-state index in [1.165, 1.54) is 12.1 Å². The summed E-state index contributed by atoms with van der Waals surface area (Å²) in [6.45, 7) is 8.82. The Kier molecular flexibility index (Phi) is 4.23. The van der Waals surface area contributed by atoms with Gasteiger partial charge in [-0.05, 0) is 36.8 Å². The monoisotopic (exact) mass is 248 g/mol. The lowest BCUT2D eigenvalue weighted by Crippen LogP contribution is -2.21. The Labute approximate surface area is 110 Å². The Morgan fingerprint density at radius 1 is 1.44 bits per heavy atom. The molecule has 0 spiro atoms. The molecule has 3 nitrogen and oxygen atoms in total. The molecule has 0 aliphatic carbocycles. The molecular formula is C15H24N2O. The van der Waals surface area contributed by atoms with Crippen LogP contribution in [0.3, 0.4) is 0 Å². The van der Waals surface area contributed by atoms with E-state index in [1.54, 1.807) is 0 Å². The summed E-state index contributed by atoms with van der Waals surface area (Å²) in [5, 5.41) is 9.72. The van der Waals surface area contributed by atoms with Crippen LogP contribution in [0.25, 0.3) is 0 Å². The molecule has 2 heterocycles. The minimum atomic E-state index is -0.430. The van der Waals surface area contributed by atoms with Gasteiger partial charge >= 0.3 is 0 Å². The van der Waals surface area contributed by atoms with Gasteiger partial charge in [-0.25, -0.2) is 0 Å². The van der Waals surface area contributed by atoms with E-state index < -0.39 is 6.10 Å². The van der Waals surface area contributed by atoms with E-state index in [0.29, 0.717) is 6.42 Å². The predicted octanol–water partition coefficient (Wildman–Crippen LogP) is 3.01. The van der Waals surface area contributed by atoms with Crippen LogP contribution in [0.2, 0.25) is 0 Å². The zero-order valence-corrected chi connectivity index (χ0v) is 11.6. The van der Waals surface area contributed by atoms with Gasteiger partial charge in [0, 0.05) is 13.1 Å². The number of rotatable bonds is 4. The zero-order valence-electron chi connectivity index (χ0n) is 11.6. The average Bonchev–Trinajstić information content (AvgIpc) is 2.88. The second-order valence-corrected chi connectivity index (χ2v) is 5.60. The summed E-state index contributed by atoms with van der Waals surface area (Å²) in [7, 11) is 0. The van der Waals surface area contributed by atoms with Crippen LogP contribution in [0.4, 0.5) is 5.69 Å². The number of anilines is 1. The SMILES string of the molecule is CC[C@@H](O)c1ccc(N2CCC(C(C)C)C2)cn1. The summed E-state index contributed by atoms with van der Waals surface area (Å²) in [5.41, 5.74) is 1.96. The molecule has 2 rings (SSSR count). The van der Waals surface area contributed by atoms with Crippen molar-refractivity contribution in [1.29, 1.82) is 0 Å². The minimum absolute atomic E-state index is 0.430. The molecule has 100 valence electrons. The van der Waals surface area contributed by atoms with Gasteiger partial charge in [-0.15, -0.1) is 0 Å². The summed E-state index contributed by atoms with van der Waals surface area (Å²) >= 11 is 0. The molecule has 0 aromatic carbocycles. The van der Waals surface area contributed by atoms with E-state index >= 15 is 0 Å². The van der Waals surface area contributed by atoms with Crippen molar-refractivity contribution < 1.29 is 5.11 Å². The maximum absolute atomic E-state index is 9.72. The summed E-state index contributed by atoms with van der Waals surface area (Å²) in [5.74, 6) is 1.55. The van der Waals surface area contributed by atoms with Gasteiger partial charge in [-0.1, -0.05) is 20.8 Å². The molecule has 1 aromatic rings. The highest BCUT2D eigenvalue weighted by molar-refractivity contribution is 5.45. The van der Waals surface area contributed by atoms with Crippen molar-refractivity contribution in [2.45, 2.75) is 39.7 Å². The van der Waals surface area contributed by atoms with Gasteiger partial charge in [0.25, 0.3) is 0 Å². The van der Waals surface area contributed by atoms with E-state index in [2.05, 4.69) is 29.8 Å². The normalized spacial score (nSPS) is 21.6. The van der Waals surface area contributed by atoms with E-state index in [4.69, 9.17) is 0 Å². The van der Waals surface area contributed by atoms with E-state index in [1.807, 2.05) is 19.2 Å². The fourth-order valence-electron chi connectivity index (χ4n) is 2.56. The third-order valence-corrected chi connectivity index (χ3v) is 4.03. The first kappa shape index (κ1) is 13.3. The maximum Gasteiger partial charge on any atom is 0.0957 e. The largest absolute Gasteiger partial charge is 0.387 e. The van der Waals surface area contributed by atoms with Crippen LogP contribution in [0.1, 0.15) is 45.4 Å². The standard InChI is InChI=1S/C15H24N2O/c1-4-15(18)14-6-5-13(9-16-14)17-8-7-12(10-17)11(2)3/h5-6,9,11-12,15,18H,4,7-8,10H2,1-3H3/t12?,15-/m1/s1. The maximum atomic E-state index is 9.72. The molecule has 0 radical (unpaired) electrons. The van der Waals surface area contributed by atoms with Crippen LogP contribution in [-0.4, -0.2) is 23.2 Å². The van der Waals surface area contributed by atoms with Gasteiger partial charge in [-0.2, -0.15) is 0 Å². The van der Waals surface area contributed by atoms with E-state index in [9.17, 15) is 5.11 Å². The van der Waals surface area contributed by atoms with Crippen molar-refractivity contribution in [3.63, 3.8) is 0 Å². The van der Waals surface area contributed by atoms with Crippen molar-refractivity contribution in [2.24, 2.45) is 11.8 Å². The van der Waals surface area contributed by atoms with Crippen molar-refractivity contribution in [3.8, 4) is 0 Å². The fourth-order valence-corrected chi connectivity index (χ4v) is 2.56. The Balaban J connectivity index is 2.02. The summed E-state index contributed by atoms with van der Waals surface area (Å²) in [6.07, 6.45) is 3.46. The third kappa shape index (κ3) is 2.83. The molecular weight excluding hydrogens is 224 g/mol. The fraction of sp³-hybridized carbons (Fsp3) is 0.667. The van der Waals surface area contributed by atoms with E-state index in [-0.39, 0.29) is 0 Å².